The maximum absolute atomic E-state index is 5.68. The van der Waals surface area contributed by atoms with E-state index in [9.17, 15) is 0 Å². The van der Waals surface area contributed by atoms with E-state index in [4.69, 9.17) is 4.74 Å². The molecule has 0 fully saturated rings. The number of benzene rings is 1. The minimum Gasteiger partial charge on any atom is -0.484 e. The van der Waals surface area contributed by atoms with Gasteiger partial charge in [0.05, 0.1) is 6.61 Å². The number of hydrogen-bond donors (Lipinski definition) is 1. The molecule has 0 saturated heterocycles. The fourth-order valence-electron chi connectivity index (χ4n) is 1.94. The number of aryl methyl sites for hydroxylation is 1. The van der Waals surface area contributed by atoms with E-state index >= 15 is 0 Å². The Morgan fingerprint density at radius 1 is 1.28 bits per heavy atom. The summed E-state index contributed by atoms with van der Waals surface area (Å²) in [6.45, 7) is 2.91. The van der Waals surface area contributed by atoms with Crippen molar-refractivity contribution < 1.29 is 4.74 Å². The molecule has 1 N–H and O–H groups in total. The Bertz CT molecular complexity index is 479. The minimum absolute atomic E-state index is 0.731. The summed E-state index contributed by atoms with van der Waals surface area (Å²) in [7, 11) is 1.97. The van der Waals surface area contributed by atoms with Crippen LogP contribution in [-0.2, 0) is 12.8 Å². The Labute approximate surface area is 113 Å². The molecule has 1 aromatic carbocycles. The van der Waals surface area contributed by atoms with Gasteiger partial charge in [0.2, 0.25) is 0 Å². The van der Waals surface area contributed by atoms with Gasteiger partial charge < -0.3 is 10.1 Å². The van der Waals surface area contributed by atoms with Gasteiger partial charge in [0.15, 0.2) is 5.06 Å². The normalized spacial score (nSPS) is 10.3. The van der Waals surface area contributed by atoms with E-state index in [1.807, 2.05) is 24.6 Å². The first-order valence-electron chi connectivity index (χ1n) is 6.29. The van der Waals surface area contributed by atoms with E-state index in [0.29, 0.717) is 0 Å². The number of nitrogens with one attached hydrogen (secondary N) is 1. The van der Waals surface area contributed by atoms with Crippen molar-refractivity contribution in [3.63, 3.8) is 0 Å². The fraction of sp³-hybridized carbons (Fsp3) is 0.333. The molecule has 0 saturated carbocycles. The van der Waals surface area contributed by atoms with Crippen LogP contribution in [0.25, 0.3) is 0 Å². The second kappa shape index (κ2) is 6.45. The SMILES string of the molecule is CCc1ccc(CCOc2cccs2)cc1NC. The van der Waals surface area contributed by atoms with Crippen molar-refractivity contribution in [1.29, 1.82) is 0 Å². The first-order chi connectivity index (χ1) is 8.83. The molecule has 2 aromatic rings. The van der Waals surface area contributed by atoms with E-state index in [1.165, 1.54) is 16.8 Å². The zero-order chi connectivity index (χ0) is 12.8. The van der Waals surface area contributed by atoms with E-state index in [-0.39, 0.29) is 0 Å². The van der Waals surface area contributed by atoms with Gasteiger partial charge in [-0.15, -0.1) is 11.3 Å². The lowest BCUT2D eigenvalue weighted by atomic mass is 10.1. The molecule has 1 heterocycles. The second-order valence-corrected chi connectivity index (χ2v) is 5.04. The highest BCUT2D eigenvalue weighted by molar-refractivity contribution is 7.11. The number of hydrogen-bond acceptors (Lipinski definition) is 3. The zero-order valence-electron chi connectivity index (χ0n) is 10.9. The zero-order valence-corrected chi connectivity index (χ0v) is 11.7. The highest BCUT2D eigenvalue weighted by Gasteiger charge is 2.02. The first-order valence-corrected chi connectivity index (χ1v) is 7.17. The van der Waals surface area contributed by atoms with Gasteiger partial charge in [0.25, 0.3) is 0 Å². The van der Waals surface area contributed by atoms with Gasteiger partial charge in [0.1, 0.15) is 0 Å². The van der Waals surface area contributed by atoms with Gasteiger partial charge in [0, 0.05) is 19.2 Å². The van der Waals surface area contributed by atoms with E-state index in [1.54, 1.807) is 11.3 Å². The van der Waals surface area contributed by atoms with Crippen LogP contribution in [0.3, 0.4) is 0 Å². The predicted octanol–water partition coefficient (Wildman–Crippen LogP) is 3.97. The van der Waals surface area contributed by atoms with Crippen molar-refractivity contribution >= 4 is 17.0 Å². The second-order valence-electron chi connectivity index (χ2n) is 4.13. The van der Waals surface area contributed by atoms with Crippen LogP contribution in [0.15, 0.2) is 35.7 Å². The highest BCUT2D eigenvalue weighted by Crippen LogP contribution is 2.20. The Hall–Kier alpha value is -1.48. The summed E-state index contributed by atoms with van der Waals surface area (Å²) < 4.78 is 5.68. The molecule has 2 rings (SSSR count). The third-order valence-corrected chi connectivity index (χ3v) is 3.73. The molecule has 1 aromatic heterocycles. The number of ether oxygens (including phenoxy) is 1. The topological polar surface area (TPSA) is 21.3 Å². The Kier molecular flexibility index (Phi) is 4.65. The summed E-state index contributed by atoms with van der Waals surface area (Å²) in [6.07, 6.45) is 2.00. The van der Waals surface area contributed by atoms with Crippen LogP contribution in [0.1, 0.15) is 18.1 Å². The Balaban J connectivity index is 1.93. The van der Waals surface area contributed by atoms with Crippen LogP contribution in [0.5, 0.6) is 5.06 Å². The van der Waals surface area contributed by atoms with Gasteiger partial charge in [-0.2, -0.15) is 0 Å². The van der Waals surface area contributed by atoms with Gasteiger partial charge in [-0.25, -0.2) is 0 Å². The third kappa shape index (κ3) is 3.26. The maximum atomic E-state index is 5.68. The quantitative estimate of drug-likeness (QED) is 0.849. The van der Waals surface area contributed by atoms with Gasteiger partial charge in [-0.05, 0) is 41.1 Å². The maximum Gasteiger partial charge on any atom is 0.173 e. The summed E-state index contributed by atoms with van der Waals surface area (Å²) in [6, 6.07) is 10.6. The van der Waals surface area contributed by atoms with Crippen molar-refractivity contribution in [2.24, 2.45) is 0 Å². The molecule has 0 radical (unpaired) electrons. The fourth-order valence-corrected chi connectivity index (χ4v) is 2.53. The molecular weight excluding hydrogens is 242 g/mol. The molecule has 0 bridgehead atoms. The number of thiophene rings is 1. The van der Waals surface area contributed by atoms with Crippen LogP contribution >= 0.6 is 11.3 Å². The summed E-state index contributed by atoms with van der Waals surface area (Å²) >= 11 is 1.64. The lowest BCUT2D eigenvalue weighted by Crippen LogP contribution is -2.02. The van der Waals surface area contributed by atoms with Crippen molar-refractivity contribution in [2.45, 2.75) is 19.8 Å². The van der Waals surface area contributed by atoms with E-state index < -0.39 is 0 Å². The average Bonchev–Trinajstić information content (AvgIpc) is 2.91. The molecule has 0 aliphatic heterocycles. The van der Waals surface area contributed by atoms with Gasteiger partial charge >= 0.3 is 0 Å². The monoisotopic (exact) mass is 261 g/mol. The molecule has 96 valence electrons. The summed E-state index contributed by atoms with van der Waals surface area (Å²) in [4.78, 5) is 0. The first kappa shape index (κ1) is 13.0. The van der Waals surface area contributed by atoms with Crippen LogP contribution in [0.4, 0.5) is 5.69 Å². The van der Waals surface area contributed by atoms with Gasteiger partial charge in [-0.3, -0.25) is 0 Å². The third-order valence-electron chi connectivity index (χ3n) is 2.95. The Morgan fingerprint density at radius 3 is 2.83 bits per heavy atom. The molecule has 0 unspecified atom stereocenters. The molecule has 0 aliphatic rings. The highest BCUT2D eigenvalue weighted by atomic mass is 32.1. The smallest absolute Gasteiger partial charge is 0.173 e. The van der Waals surface area contributed by atoms with Crippen LogP contribution in [-0.4, -0.2) is 13.7 Å². The molecule has 0 aliphatic carbocycles. The lowest BCUT2D eigenvalue weighted by Gasteiger charge is -2.10. The van der Waals surface area contributed by atoms with Crippen LogP contribution < -0.4 is 10.1 Å². The largest absolute Gasteiger partial charge is 0.484 e. The molecule has 0 amide bonds. The number of rotatable bonds is 6. The van der Waals surface area contributed by atoms with Crippen molar-refractivity contribution in [1.82, 2.24) is 0 Å². The Morgan fingerprint density at radius 2 is 2.17 bits per heavy atom. The molecular formula is C15H19NOS. The van der Waals surface area contributed by atoms with E-state index in [2.05, 4.69) is 30.4 Å². The molecule has 18 heavy (non-hydrogen) atoms. The minimum atomic E-state index is 0.731. The van der Waals surface area contributed by atoms with Crippen LogP contribution in [0.2, 0.25) is 0 Å². The molecule has 0 atom stereocenters. The molecule has 2 nitrogen and oxygen atoms in total. The molecule has 0 spiro atoms. The summed E-state index contributed by atoms with van der Waals surface area (Å²) in [5, 5.41) is 6.28. The predicted molar refractivity (Wildman–Crippen MR) is 78.9 cm³/mol. The number of anilines is 1. The van der Waals surface area contributed by atoms with Crippen molar-refractivity contribution in [2.75, 3.05) is 19.0 Å². The summed E-state index contributed by atoms with van der Waals surface area (Å²) in [5.41, 5.74) is 3.90. The van der Waals surface area contributed by atoms with Gasteiger partial charge in [-0.1, -0.05) is 19.1 Å². The average molecular weight is 261 g/mol. The lowest BCUT2D eigenvalue weighted by molar-refractivity contribution is 0.331. The van der Waals surface area contributed by atoms with Crippen LogP contribution in [0, 0.1) is 0 Å². The van der Waals surface area contributed by atoms with E-state index in [0.717, 1.165) is 24.5 Å². The summed E-state index contributed by atoms with van der Waals surface area (Å²) in [5.74, 6) is 0. The van der Waals surface area contributed by atoms with Crippen molar-refractivity contribution in [3.8, 4) is 5.06 Å². The van der Waals surface area contributed by atoms with Crippen molar-refractivity contribution in [3.05, 3.63) is 46.8 Å². The standard InChI is InChI=1S/C15H19NOS/c1-3-13-7-6-12(11-14(13)16-2)8-9-17-15-5-4-10-18-15/h4-7,10-11,16H,3,8-9H2,1-2H3. The molecule has 3 heteroatoms.